The second kappa shape index (κ2) is 10.7. The van der Waals surface area contributed by atoms with Crippen molar-refractivity contribution in [2.45, 2.75) is 38.3 Å². The summed E-state index contributed by atoms with van der Waals surface area (Å²) in [4.78, 5) is 35.6. The number of nitrogens with zero attached hydrogens (tertiary/aromatic N) is 1. The summed E-state index contributed by atoms with van der Waals surface area (Å²) in [5.74, 6) is -1.36. The van der Waals surface area contributed by atoms with Crippen molar-refractivity contribution >= 4 is 17.6 Å². The van der Waals surface area contributed by atoms with Crippen LogP contribution in [-0.2, 0) is 4.79 Å². The van der Waals surface area contributed by atoms with Gasteiger partial charge in [-0.25, -0.2) is 4.39 Å². The van der Waals surface area contributed by atoms with Gasteiger partial charge in [-0.2, -0.15) is 0 Å². The third-order valence-electron chi connectivity index (χ3n) is 5.92. The highest BCUT2D eigenvalue weighted by Crippen LogP contribution is 2.34. The van der Waals surface area contributed by atoms with Crippen LogP contribution in [0.3, 0.4) is 0 Å². The summed E-state index contributed by atoms with van der Waals surface area (Å²) in [5.41, 5.74) is 6.14. The van der Waals surface area contributed by atoms with Crippen LogP contribution in [0.25, 0.3) is 11.3 Å². The van der Waals surface area contributed by atoms with Crippen LogP contribution < -0.4 is 15.8 Å². The van der Waals surface area contributed by atoms with Gasteiger partial charge in [0.2, 0.25) is 5.91 Å². The number of benzene rings is 2. The lowest BCUT2D eigenvalue weighted by Gasteiger charge is -2.14. The van der Waals surface area contributed by atoms with E-state index in [9.17, 15) is 18.8 Å². The Kier molecular flexibility index (Phi) is 7.44. The number of primary amides is 1. The summed E-state index contributed by atoms with van der Waals surface area (Å²) in [6, 6.07) is 11.1. The van der Waals surface area contributed by atoms with E-state index in [1.54, 1.807) is 30.3 Å². The minimum absolute atomic E-state index is 0.147. The molecule has 188 valence electrons. The Bertz CT molecular complexity index is 1270. The van der Waals surface area contributed by atoms with Crippen molar-refractivity contribution in [1.29, 1.82) is 0 Å². The van der Waals surface area contributed by atoms with E-state index < -0.39 is 36.4 Å². The van der Waals surface area contributed by atoms with Gasteiger partial charge in [0.25, 0.3) is 5.91 Å². The molecule has 1 unspecified atom stereocenters. The maximum atomic E-state index is 14.7. The van der Waals surface area contributed by atoms with Gasteiger partial charge in [0.15, 0.2) is 17.6 Å². The number of hydrogen-bond donors (Lipinski definition) is 3. The monoisotopic (exact) mass is 495 g/mol. The molecule has 1 aliphatic carbocycles. The molecule has 1 heterocycles. The highest BCUT2D eigenvalue weighted by Gasteiger charge is 2.30. The van der Waals surface area contributed by atoms with Gasteiger partial charge in [-0.05, 0) is 55.7 Å². The summed E-state index contributed by atoms with van der Waals surface area (Å²) in [7, 11) is 0. The zero-order chi connectivity index (χ0) is 25.8. The molecule has 0 spiro atoms. The first kappa shape index (κ1) is 25.1. The second-order valence-electron chi connectivity index (χ2n) is 8.60. The number of aliphatic hydroxyl groups is 1. The Morgan fingerprint density at radius 2 is 1.92 bits per heavy atom. The molecule has 0 bridgehead atoms. The number of Topliss-reactive ketones (excluding diaryl/α,β-unsaturated/α-hetero) is 1. The first-order chi connectivity index (χ1) is 17.3. The second-order valence-corrected chi connectivity index (χ2v) is 8.60. The molecule has 36 heavy (non-hydrogen) atoms. The molecule has 0 saturated heterocycles. The molecule has 2 atom stereocenters. The van der Waals surface area contributed by atoms with Crippen molar-refractivity contribution in [3.05, 3.63) is 71.2 Å². The molecular formula is C26H26FN3O6. The van der Waals surface area contributed by atoms with Crippen molar-refractivity contribution in [2.75, 3.05) is 6.61 Å². The van der Waals surface area contributed by atoms with Crippen molar-refractivity contribution in [3.63, 3.8) is 0 Å². The number of nitrogens with one attached hydrogen (secondary N) is 1. The Labute approximate surface area is 206 Å². The molecule has 2 aromatic carbocycles. The Morgan fingerprint density at radius 1 is 1.19 bits per heavy atom. The van der Waals surface area contributed by atoms with E-state index in [0.29, 0.717) is 34.8 Å². The van der Waals surface area contributed by atoms with Crippen LogP contribution in [0.4, 0.5) is 4.39 Å². The summed E-state index contributed by atoms with van der Waals surface area (Å²) in [6.45, 7) is 1.21. The van der Waals surface area contributed by atoms with Crippen molar-refractivity contribution in [3.8, 4) is 17.0 Å². The highest BCUT2D eigenvalue weighted by molar-refractivity contribution is 5.99. The molecule has 0 radical (unpaired) electrons. The van der Waals surface area contributed by atoms with Crippen molar-refractivity contribution in [2.24, 2.45) is 11.7 Å². The number of carbonyl (C=O) groups is 3. The fourth-order valence-electron chi connectivity index (χ4n) is 3.66. The molecular weight excluding hydrogens is 469 g/mol. The predicted octanol–water partition coefficient (Wildman–Crippen LogP) is 3.18. The lowest BCUT2D eigenvalue weighted by atomic mass is 10.1. The summed E-state index contributed by atoms with van der Waals surface area (Å²) in [6.07, 6.45) is 2.00. The van der Waals surface area contributed by atoms with Gasteiger partial charge in [0.1, 0.15) is 23.3 Å². The molecule has 9 nitrogen and oxygen atoms in total. The van der Waals surface area contributed by atoms with Gasteiger partial charge in [-0.15, -0.1) is 0 Å². The third kappa shape index (κ3) is 5.60. The normalized spacial score (nSPS) is 14.6. The van der Waals surface area contributed by atoms with Crippen LogP contribution in [0, 0.1) is 11.7 Å². The first-order valence-corrected chi connectivity index (χ1v) is 11.6. The minimum atomic E-state index is -1.32. The van der Waals surface area contributed by atoms with E-state index in [0.717, 1.165) is 18.9 Å². The molecule has 3 aromatic rings. The quantitative estimate of drug-likeness (QED) is 0.347. The van der Waals surface area contributed by atoms with Crippen LogP contribution in [0.5, 0.6) is 5.75 Å². The summed E-state index contributed by atoms with van der Waals surface area (Å²) >= 11 is 0. The van der Waals surface area contributed by atoms with Gasteiger partial charge in [0.05, 0.1) is 12.2 Å². The predicted molar refractivity (Wildman–Crippen MR) is 127 cm³/mol. The molecule has 4 N–H and O–H groups in total. The van der Waals surface area contributed by atoms with Crippen LogP contribution in [0.1, 0.15) is 58.8 Å². The number of ketones is 1. The maximum Gasteiger partial charge on any atom is 0.254 e. The largest absolute Gasteiger partial charge is 0.482 e. The number of amides is 2. The Morgan fingerprint density at radius 3 is 2.50 bits per heavy atom. The molecule has 2 amide bonds. The Hall–Kier alpha value is -4.05. The number of hydrogen-bond acceptors (Lipinski definition) is 7. The van der Waals surface area contributed by atoms with Crippen LogP contribution in [0.15, 0.2) is 53.1 Å². The highest BCUT2D eigenvalue weighted by atomic mass is 19.1. The van der Waals surface area contributed by atoms with Gasteiger partial charge in [0, 0.05) is 23.1 Å². The molecule has 1 saturated carbocycles. The number of ether oxygens (including phenoxy) is 1. The molecule has 4 rings (SSSR count). The molecule has 1 fully saturated rings. The van der Waals surface area contributed by atoms with Gasteiger partial charge in [-0.3, -0.25) is 14.4 Å². The first-order valence-electron chi connectivity index (χ1n) is 11.6. The van der Waals surface area contributed by atoms with Crippen molar-refractivity contribution < 1.29 is 33.1 Å². The van der Waals surface area contributed by atoms with Crippen molar-refractivity contribution in [1.82, 2.24) is 10.5 Å². The minimum Gasteiger partial charge on any atom is -0.482 e. The Balaban J connectivity index is 1.45. The van der Waals surface area contributed by atoms with Gasteiger partial charge in [-0.1, -0.05) is 18.1 Å². The number of aliphatic hydroxyl groups excluding tert-OH is 1. The third-order valence-corrected chi connectivity index (χ3v) is 5.92. The van der Waals surface area contributed by atoms with E-state index >= 15 is 0 Å². The van der Waals surface area contributed by atoms with E-state index in [1.807, 2.05) is 6.92 Å². The number of nitrogens with two attached hydrogens (primary N) is 1. The average molecular weight is 496 g/mol. The zero-order valence-corrected chi connectivity index (χ0v) is 19.6. The molecule has 1 aromatic heterocycles. The zero-order valence-electron chi connectivity index (χ0n) is 19.6. The fourth-order valence-corrected chi connectivity index (χ4v) is 3.66. The summed E-state index contributed by atoms with van der Waals surface area (Å²) in [5, 5.41) is 15.3. The van der Waals surface area contributed by atoms with E-state index in [4.69, 9.17) is 20.1 Å². The topological polar surface area (TPSA) is 145 Å². The SMILES string of the molecule is CCC(Oc1ccc(C(=O)C2CC2)cc1)c1cc(-c2ccc(C(=O)N[C@@H](CO)C(N)=O)c(F)c2)no1. The number of aromatic nitrogens is 1. The molecule has 1 aliphatic rings. The van der Waals surface area contributed by atoms with Crippen LogP contribution in [0.2, 0.25) is 0 Å². The van der Waals surface area contributed by atoms with E-state index in [2.05, 4.69) is 10.5 Å². The standard InChI is InChI=1S/C26H26FN3O6/c1-2-22(35-17-8-5-15(6-9-17)24(32)14-3-4-14)23-12-20(30-36-23)16-7-10-18(19(27)11-16)26(34)29-21(13-31)25(28)33/h5-12,14,21-22,31H,2-4,13H2,1H3,(H2,28,33)(H,29,34)/t21-,22?/m0/s1. The number of carbonyl (C=O) groups excluding carboxylic acids is 3. The lowest BCUT2D eigenvalue weighted by molar-refractivity contribution is -0.120. The van der Waals surface area contributed by atoms with Gasteiger partial charge < -0.3 is 25.4 Å². The number of halogens is 1. The van der Waals surface area contributed by atoms with E-state index in [-0.39, 0.29) is 17.3 Å². The molecule has 0 aliphatic heterocycles. The number of rotatable bonds is 11. The van der Waals surface area contributed by atoms with E-state index in [1.165, 1.54) is 12.1 Å². The summed E-state index contributed by atoms with van der Waals surface area (Å²) < 4.78 is 26.1. The lowest BCUT2D eigenvalue weighted by Crippen LogP contribution is -2.47. The van der Waals surface area contributed by atoms with Crippen LogP contribution >= 0.6 is 0 Å². The van der Waals surface area contributed by atoms with Crippen LogP contribution in [-0.4, -0.2) is 40.5 Å². The maximum absolute atomic E-state index is 14.7. The smallest absolute Gasteiger partial charge is 0.254 e. The molecule has 10 heteroatoms. The van der Waals surface area contributed by atoms with Gasteiger partial charge >= 0.3 is 0 Å². The average Bonchev–Trinajstić information content (AvgIpc) is 3.61. The fraction of sp³-hybridized carbons (Fsp3) is 0.308.